The van der Waals surface area contributed by atoms with E-state index in [1.165, 1.54) is 0 Å². The Hall–Kier alpha value is -0.960. The van der Waals surface area contributed by atoms with Gasteiger partial charge in [0.15, 0.2) is 0 Å². The molecule has 0 saturated heterocycles. The van der Waals surface area contributed by atoms with Crippen molar-refractivity contribution in [3.8, 4) is 24.7 Å². The average molecular weight is 152 g/mol. The molecule has 0 spiro atoms. The average Bonchev–Trinajstić information content (AvgIpc) is 2.04. The molecular formula is C9H12O2. The van der Waals surface area contributed by atoms with Crippen molar-refractivity contribution in [2.75, 3.05) is 0 Å². The Morgan fingerprint density at radius 3 is 1.64 bits per heavy atom. The van der Waals surface area contributed by atoms with E-state index in [0.717, 1.165) is 0 Å². The Kier molecular flexibility index (Phi) is 5.29. The van der Waals surface area contributed by atoms with Gasteiger partial charge in [0.05, 0.1) is 0 Å². The number of terminal acetylenes is 2. The van der Waals surface area contributed by atoms with Crippen LogP contribution >= 0.6 is 0 Å². The first-order chi connectivity index (χ1) is 5.20. The third-order valence-electron chi connectivity index (χ3n) is 1.34. The van der Waals surface area contributed by atoms with Gasteiger partial charge in [-0.1, -0.05) is 11.8 Å². The fourth-order valence-corrected chi connectivity index (χ4v) is 0.671. The molecule has 60 valence electrons. The van der Waals surface area contributed by atoms with Gasteiger partial charge >= 0.3 is 0 Å². The Bertz CT molecular complexity index is 153. The van der Waals surface area contributed by atoms with Gasteiger partial charge in [-0.3, -0.25) is 0 Å². The molecule has 11 heavy (non-hydrogen) atoms. The van der Waals surface area contributed by atoms with Crippen LogP contribution in [0.1, 0.15) is 19.3 Å². The van der Waals surface area contributed by atoms with Crippen LogP contribution in [0.2, 0.25) is 0 Å². The second-order valence-electron chi connectivity index (χ2n) is 2.30. The highest BCUT2D eigenvalue weighted by molar-refractivity contribution is 4.95. The van der Waals surface area contributed by atoms with Crippen molar-refractivity contribution in [1.82, 2.24) is 0 Å². The monoisotopic (exact) mass is 152 g/mol. The molecule has 0 aliphatic rings. The molecule has 0 aliphatic carbocycles. The summed E-state index contributed by atoms with van der Waals surface area (Å²) in [5, 5.41) is 17.7. The number of hydrogen-bond donors (Lipinski definition) is 2. The maximum Gasteiger partial charge on any atom is 0.114 e. The lowest BCUT2D eigenvalue weighted by atomic mass is 10.1. The standard InChI is InChI=1S/C9H12O2/c1-3-8(10)6-5-7-9(11)4-2/h1-2,8-11H,5-7H2/t8-,9+. The van der Waals surface area contributed by atoms with E-state index < -0.39 is 12.2 Å². The van der Waals surface area contributed by atoms with Gasteiger partial charge in [-0.25, -0.2) is 0 Å². The molecule has 0 aromatic carbocycles. The highest BCUT2D eigenvalue weighted by Gasteiger charge is 2.01. The largest absolute Gasteiger partial charge is 0.380 e. The lowest BCUT2D eigenvalue weighted by molar-refractivity contribution is 0.190. The zero-order chi connectivity index (χ0) is 8.69. The maximum atomic E-state index is 8.87. The second-order valence-corrected chi connectivity index (χ2v) is 2.30. The van der Waals surface area contributed by atoms with E-state index in [4.69, 9.17) is 23.1 Å². The van der Waals surface area contributed by atoms with Gasteiger partial charge in [-0.2, -0.15) is 0 Å². The van der Waals surface area contributed by atoms with Crippen molar-refractivity contribution >= 4 is 0 Å². The van der Waals surface area contributed by atoms with Gasteiger partial charge in [0.25, 0.3) is 0 Å². The molecular weight excluding hydrogens is 140 g/mol. The fourth-order valence-electron chi connectivity index (χ4n) is 0.671. The van der Waals surface area contributed by atoms with Crippen LogP contribution in [0.3, 0.4) is 0 Å². The molecule has 0 rings (SSSR count). The van der Waals surface area contributed by atoms with E-state index in [-0.39, 0.29) is 0 Å². The Balaban J connectivity index is 3.30. The minimum absolute atomic E-state index is 0.495. The first-order valence-electron chi connectivity index (χ1n) is 3.49. The fraction of sp³-hybridized carbons (Fsp3) is 0.556. The molecule has 2 heteroatoms. The predicted octanol–water partition coefficient (Wildman–Crippen LogP) is 0.145. The van der Waals surface area contributed by atoms with Crippen molar-refractivity contribution in [3.05, 3.63) is 0 Å². The van der Waals surface area contributed by atoms with Gasteiger partial charge in [0.1, 0.15) is 12.2 Å². The van der Waals surface area contributed by atoms with Gasteiger partial charge in [-0.05, 0) is 19.3 Å². The SMILES string of the molecule is C#C[C@@H](O)CCC[C@@H](O)C#C. The molecule has 0 bridgehead atoms. The smallest absolute Gasteiger partial charge is 0.114 e. The first-order valence-corrected chi connectivity index (χ1v) is 3.49. The summed E-state index contributed by atoms with van der Waals surface area (Å²) in [5.74, 6) is 4.36. The van der Waals surface area contributed by atoms with Gasteiger partial charge in [-0.15, -0.1) is 12.8 Å². The van der Waals surface area contributed by atoms with Crippen molar-refractivity contribution in [1.29, 1.82) is 0 Å². The molecule has 2 atom stereocenters. The summed E-state index contributed by atoms with van der Waals surface area (Å²) in [6, 6.07) is 0. The van der Waals surface area contributed by atoms with E-state index in [2.05, 4.69) is 11.8 Å². The summed E-state index contributed by atoms with van der Waals surface area (Å²) in [7, 11) is 0. The van der Waals surface area contributed by atoms with Crippen LogP contribution in [0.25, 0.3) is 0 Å². The third kappa shape index (κ3) is 5.48. The van der Waals surface area contributed by atoms with Crippen LogP contribution in [0.15, 0.2) is 0 Å². The van der Waals surface area contributed by atoms with E-state index in [9.17, 15) is 0 Å². The zero-order valence-corrected chi connectivity index (χ0v) is 6.33. The van der Waals surface area contributed by atoms with E-state index >= 15 is 0 Å². The van der Waals surface area contributed by atoms with E-state index in [0.29, 0.717) is 19.3 Å². The minimum Gasteiger partial charge on any atom is -0.380 e. The van der Waals surface area contributed by atoms with Gasteiger partial charge < -0.3 is 10.2 Å². The molecule has 2 N–H and O–H groups in total. The van der Waals surface area contributed by atoms with Crippen LogP contribution in [-0.2, 0) is 0 Å². The molecule has 0 saturated carbocycles. The van der Waals surface area contributed by atoms with Crippen molar-refractivity contribution in [2.45, 2.75) is 31.5 Å². The summed E-state index contributed by atoms with van der Waals surface area (Å²) in [6.07, 6.45) is 10.1. The summed E-state index contributed by atoms with van der Waals surface area (Å²) < 4.78 is 0. The Labute approximate surface area is 67.2 Å². The van der Waals surface area contributed by atoms with Crippen LogP contribution in [0, 0.1) is 24.7 Å². The lowest BCUT2D eigenvalue weighted by Crippen LogP contribution is -2.06. The Morgan fingerprint density at radius 1 is 1.00 bits per heavy atom. The van der Waals surface area contributed by atoms with E-state index in [1.54, 1.807) is 0 Å². The van der Waals surface area contributed by atoms with E-state index in [1.807, 2.05) is 0 Å². The molecule has 0 aliphatic heterocycles. The molecule has 0 heterocycles. The molecule has 0 unspecified atom stereocenters. The van der Waals surface area contributed by atoms with Crippen LogP contribution in [-0.4, -0.2) is 22.4 Å². The lowest BCUT2D eigenvalue weighted by Gasteiger charge is -2.03. The molecule has 0 aromatic rings. The molecule has 0 fully saturated rings. The zero-order valence-electron chi connectivity index (χ0n) is 6.33. The predicted molar refractivity (Wildman–Crippen MR) is 43.5 cm³/mol. The Morgan fingerprint density at radius 2 is 1.36 bits per heavy atom. The molecule has 0 radical (unpaired) electrons. The normalized spacial score (nSPS) is 14.5. The first kappa shape index (κ1) is 10.0. The summed E-state index contributed by atoms with van der Waals surface area (Å²) in [4.78, 5) is 0. The summed E-state index contributed by atoms with van der Waals surface area (Å²) in [5.41, 5.74) is 0. The minimum atomic E-state index is -0.708. The van der Waals surface area contributed by atoms with Crippen LogP contribution in [0.4, 0.5) is 0 Å². The number of hydrogen-bond acceptors (Lipinski definition) is 2. The molecule has 2 nitrogen and oxygen atoms in total. The topological polar surface area (TPSA) is 40.5 Å². The van der Waals surface area contributed by atoms with Crippen molar-refractivity contribution < 1.29 is 10.2 Å². The van der Waals surface area contributed by atoms with Crippen LogP contribution < -0.4 is 0 Å². The third-order valence-corrected chi connectivity index (χ3v) is 1.34. The van der Waals surface area contributed by atoms with Crippen LogP contribution in [0.5, 0.6) is 0 Å². The summed E-state index contributed by atoms with van der Waals surface area (Å²) >= 11 is 0. The molecule has 0 amide bonds. The number of rotatable bonds is 4. The van der Waals surface area contributed by atoms with Crippen molar-refractivity contribution in [3.63, 3.8) is 0 Å². The number of aliphatic hydroxyl groups excluding tert-OH is 2. The highest BCUT2D eigenvalue weighted by Crippen LogP contribution is 2.02. The van der Waals surface area contributed by atoms with Crippen molar-refractivity contribution in [2.24, 2.45) is 0 Å². The summed E-state index contributed by atoms with van der Waals surface area (Å²) in [6.45, 7) is 0. The van der Waals surface area contributed by atoms with Gasteiger partial charge in [0, 0.05) is 0 Å². The quantitative estimate of drug-likeness (QED) is 0.563. The second kappa shape index (κ2) is 5.80. The maximum absolute atomic E-state index is 8.87. The highest BCUT2D eigenvalue weighted by atomic mass is 16.3. The molecule has 0 aromatic heterocycles. The number of aliphatic hydroxyl groups is 2. The van der Waals surface area contributed by atoms with Gasteiger partial charge in [0.2, 0.25) is 0 Å².